The molecule has 0 aliphatic rings. The second-order valence-corrected chi connectivity index (χ2v) is 3.67. The van der Waals surface area contributed by atoms with Crippen LogP contribution >= 0.6 is 11.3 Å². The molecule has 0 aliphatic heterocycles. The number of hydrogen-bond acceptors (Lipinski definition) is 5. The standard InChI is InChI=1S/C7H7N5O3S/c8-11-10-4-3-9-7(13)5-1-2-6(16-5)12(14)15/h1-2H,3-4H2,(H,9,13). The molecule has 0 saturated carbocycles. The van der Waals surface area contributed by atoms with Gasteiger partial charge in [0, 0.05) is 24.1 Å². The van der Waals surface area contributed by atoms with E-state index in [0.29, 0.717) is 0 Å². The first-order valence-electron chi connectivity index (χ1n) is 4.18. The van der Waals surface area contributed by atoms with Crippen molar-refractivity contribution in [1.82, 2.24) is 5.32 Å². The molecule has 1 N–H and O–H groups in total. The summed E-state index contributed by atoms with van der Waals surface area (Å²) in [6.07, 6.45) is 0. The average molecular weight is 241 g/mol. The van der Waals surface area contributed by atoms with Crippen molar-refractivity contribution >= 4 is 22.2 Å². The van der Waals surface area contributed by atoms with E-state index in [2.05, 4.69) is 15.3 Å². The Hall–Kier alpha value is -2.12. The summed E-state index contributed by atoms with van der Waals surface area (Å²) in [6, 6.07) is 2.65. The van der Waals surface area contributed by atoms with Crippen LogP contribution in [0.25, 0.3) is 10.4 Å². The molecule has 0 fully saturated rings. The molecule has 1 rings (SSSR count). The van der Waals surface area contributed by atoms with Crippen molar-refractivity contribution in [3.05, 3.63) is 37.6 Å². The molecule has 1 amide bonds. The number of thiophene rings is 1. The van der Waals surface area contributed by atoms with Gasteiger partial charge in [-0.05, 0) is 11.6 Å². The van der Waals surface area contributed by atoms with Crippen molar-refractivity contribution in [2.24, 2.45) is 5.11 Å². The van der Waals surface area contributed by atoms with Crippen LogP contribution in [0.1, 0.15) is 9.67 Å². The quantitative estimate of drug-likeness (QED) is 0.211. The molecule has 0 atom stereocenters. The highest BCUT2D eigenvalue weighted by atomic mass is 32.1. The maximum absolute atomic E-state index is 11.4. The third-order valence-electron chi connectivity index (χ3n) is 1.56. The van der Waals surface area contributed by atoms with Gasteiger partial charge in [-0.2, -0.15) is 0 Å². The van der Waals surface area contributed by atoms with Crippen molar-refractivity contribution in [3.8, 4) is 0 Å². The highest BCUT2D eigenvalue weighted by Crippen LogP contribution is 2.23. The smallest absolute Gasteiger partial charge is 0.324 e. The summed E-state index contributed by atoms with van der Waals surface area (Å²) in [7, 11) is 0. The molecular weight excluding hydrogens is 234 g/mol. The van der Waals surface area contributed by atoms with Crippen LogP contribution in [0.5, 0.6) is 0 Å². The van der Waals surface area contributed by atoms with E-state index in [0.717, 1.165) is 11.3 Å². The lowest BCUT2D eigenvalue weighted by atomic mass is 10.4. The molecule has 84 valence electrons. The second kappa shape index (κ2) is 5.69. The third-order valence-corrected chi connectivity index (χ3v) is 2.59. The SMILES string of the molecule is [N-]=[N+]=NCCNC(=O)c1ccc([N+](=O)[O-])s1. The number of hydrogen-bond donors (Lipinski definition) is 1. The van der Waals surface area contributed by atoms with Gasteiger partial charge in [-0.15, -0.1) is 0 Å². The number of azide groups is 1. The fourth-order valence-corrected chi connectivity index (χ4v) is 1.64. The predicted octanol–water partition coefficient (Wildman–Crippen LogP) is 1.70. The lowest BCUT2D eigenvalue weighted by molar-refractivity contribution is -0.380. The number of carbonyl (C=O) groups excluding carboxylic acids is 1. The molecule has 0 bridgehead atoms. The number of rotatable bonds is 5. The molecule has 1 aromatic heterocycles. The zero-order valence-electron chi connectivity index (χ0n) is 7.99. The van der Waals surface area contributed by atoms with Gasteiger partial charge in [-0.1, -0.05) is 16.5 Å². The number of amides is 1. The number of nitro groups is 1. The van der Waals surface area contributed by atoms with Crippen LogP contribution in [-0.2, 0) is 0 Å². The fourth-order valence-electron chi connectivity index (χ4n) is 0.899. The summed E-state index contributed by atoms with van der Waals surface area (Å²) in [5, 5.41) is 16.0. The Kier molecular flexibility index (Phi) is 4.25. The minimum absolute atomic E-state index is 0.0832. The van der Waals surface area contributed by atoms with E-state index in [1.807, 2.05) is 0 Å². The summed E-state index contributed by atoms with van der Waals surface area (Å²) in [5.74, 6) is -0.411. The van der Waals surface area contributed by atoms with Gasteiger partial charge < -0.3 is 5.32 Å². The van der Waals surface area contributed by atoms with Gasteiger partial charge >= 0.3 is 5.00 Å². The van der Waals surface area contributed by atoms with Crippen molar-refractivity contribution in [3.63, 3.8) is 0 Å². The van der Waals surface area contributed by atoms with Crippen molar-refractivity contribution < 1.29 is 9.72 Å². The minimum Gasteiger partial charge on any atom is -0.351 e. The van der Waals surface area contributed by atoms with E-state index in [1.54, 1.807) is 0 Å². The molecule has 0 aliphatic carbocycles. The van der Waals surface area contributed by atoms with Crippen LogP contribution in [0.2, 0.25) is 0 Å². The van der Waals surface area contributed by atoms with Crippen LogP contribution in [-0.4, -0.2) is 23.9 Å². The van der Waals surface area contributed by atoms with Crippen LogP contribution < -0.4 is 5.32 Å². The molecule has 9 heteroatoms. The number of nitrogens with zero attached hydrogens (tertiary/aromatic N) is 4. The third kappa shape index (κ3) is 3.23. The zero-order chi connectivity index (χ0) is 12.0. The van der Waals surface area contributed by atoms with E-state index < -0.39 is 10.8 Å². The molecule has 8 nitrogen and oxygen atoms in total. The van der Waals surface area contributed by atoms with Crippen molar-refractivity contribution in [2.75, 3.05) is 13.1 Å². The Labute approximate surface area is 93.7 Å². The van der Waals surface area contributed by atoms with Gasteiger partial charge in [0.2, 0.25) is 0 Å². The number of carbonyl (C=O) groups is 1. The maximum Gasteiger partial charge on any atom is 0.324 e. The van der Waals surface area contributed by atoms with Crippen molar-refractivity contribution in [2.45, 2.75) is 0 Å². The lowest BCUT2D eigenvalue weighted by Crippen LogP contribution is -2.24. The van der Waals surface area contributed by atoms with Gasteiger partial charge in [-0.3, -0.25) is 14.9 Å². The van der Waals surface area contributed by atoms with E-state index in [1.165, 1.54) is 12.1 Å². The van der Waals surface area contributed by atoms with Crippen LogP contribution in [0.3, 0.4) is 0 Å². The van der Waals surface area contributed by atoms with Gasteiger partial charge in [0.1, 0.15) is 0 Å². The van der Waals surface area contributed by atoms with Crippen LogP contribution in [0, 0.1) is 10.1 Å². The molecule has 0 aromatic carbocycles. The second-order valence-electron chi connectivity index (χ2n) is 2.61. The normalized spacial score (nSPS) is 9.25. The molecule has 1 heterocycles. The summed E-state index contributed by atoms with van der Waals surface area (Å²) >= 11 is 0.798. The zero-order valence-corrected chi connectivity index (χ0v) is 8.81. The molecule has 0 radical (unpaired) electrons. The van der Waals surface area contributed by atoms with Gasteiger partial charge in [0.15, 0.2) is 0 Å². The Balaban J connectivity index is 2.52. The summed E-state index contributed by atoms with van der Waals surface area (Å²) in [5.41, 5.74) is 7.99. The topological polar surface area (TPSA) is 121 Å². The van der Waals surface area contributed by atoms with Crippen LogP contribution in [0.15, 0.2) is 17.2 Å². The van der Waals surface area contributed by atoms with Gasteiger partial charge in [0.05, 0.1) is 9.80 Å². The minimum atomic E-state index is -0.554. The van der Waals surface area contributed by atoms with E-state index in [4.69, 9.17) is 5.53 Å². The van der Waals surface area contributed by atoms with Gasteiger partial charge in [0.25, 0.3) is 5.91 Å². The monoisotopic (exact) mass is 241 g/mol. The van der Waals surface area contributed by atoms with E-state index >= 15 is 0 Å². The average Bonchev–Trinajstić information content (AvgIpc) is 2.73. The van der Waals surface area contributed by atoms with E-state index in [-0.39, 0.29) is 23.0 Å². The lowest BCUT2D eigenvalue weighted by Gasteiger charge is -1.98. The Bertz CT molecular complexity index is 451. The largest absolute Gasteiger partial charge is 0.351 e. The molecule has 16 heavy (non-hydrogen) atoms. The highest BCUT2D eigenvalue weighted by molar-refractivity contribution is 7.17. The summed E-state index contributed by atoms with van der Waals surface area (Å²) < 4.78 is 0. The first-order chi connectivity index (χ1) is 7.65. The fraction of sp³-hybridized carbons (Fsp3) is 0.286. The molecular formula is C7H7N5O3S. The Morgan fingerprint density at radius 2 is 2.44 bits per heavy atom. The maximum atomic E-state index is 11.4. The molecule has 0 spiro atoms. The van der Waals surface area contributed by atoms with E-state index in [9.17, 15) is 14.9 Å². The molecule has 1 aromatic rings. The molecule has 0 saturated heterocycles. The van der Waals surface area contributed by atoms with Crippen molar-refractivity contribution in [1.29, 1.82) is 0 Å². The van der Waals surface area contributed by atoms with Gasteiger partial charge in [-0.25, -0.2) is 0 Å². The highest BCUT2D eigenvalue weighted by Gasteiger charge is 2.14. The Morgan fingerprint density at radius 3 is 3.00 bits per heavy atom. The predicted molar refractivity (Wildman–Crippen MR) is 57.3 cm³/mol. The summed E-state index contributed by atoms with van der Waals surface area (Å²) in [4.78, 5) is 24.0. The van der Waals surface area contributed by atoms with Crippen LogP contribution in [0.4, 0.5) is 5.00 Å². The summed E-state index contributed by atoms with van der Waals surface area (Å²) in [6.45, 7) is 0.351. The first-order valence-corrected chi connectivity index (χ1v) is 5.00. The Morgan fingerprint density at radius 1 is 1.69 bits per heavy atom. The molecule has 0 unspecified atom stereocenters. The number of nitrogens with one attached hydrogen (secondary N) is 1. The first kappa shape index (κ1) is 12.0.